The van der Waals surface area contributed by atoms with Crippen molar-refractivity contribution in [2.24, 2.45) is 0 Å². The molecule has 0 saturated carbocycles. The van der Waals surface area contributed by atoms with Crippen LogP contribution in [-0.4, -0.2) is 18.3 Å². The first-order chi connectivity index (χ1) is 7.13. The zero-order valence-corrected chi connectivity index (χ0v) is 9.90. The van der Waals surface area contributed by atoms with Crippen LogP contribution in [0.2, 0.25) is 0 Å². The minimum absolute atomic E-state index is 0.0345. The van der Waals surface area contributed by atoms with Crippen molar-refractivity contribution in [2.45, 2.75) is 20.3 Å². The molecule has 0 bridgehead atoms. The summed E-state index contributed by atoms with van der Waals surface area (Å²) >= 11 is 5.38. The highest BCUT2D eigenvalue weighted by Gasteiger charge is 2.00. The third-order valence-electron chi connectivity index (χ3n) is 2.34. The first-order valence-electron chi connectivity index (χ1n) is 5.02. The van der Waals surface area contributed by atoms with Crippen molar-refractivity contribution in [2.75, 3.05) is 12.4 Å². The molecular formula is C12H16ClNO. The number of aryl methyl sites for hydroxylation is 2. The predicted molar refractivity (Wildman–Crippen MR) is 63.3 cm³/mol. The molecule has 0 aliphatic carbocycles. The summed E-state index contributed by atoms with van der Waals surface area (Å²) in [5, 5.41) is 2.76. The number of amides is 1. The average molecular weight is 226 g/mol. The number of carbonyl (C=O) groups excluding carboxylic acids is 1. The number of benzene rings is 1. The lowest BCUT2D eigenvalue weighted by Gasteiger charge is -2.07. The van der Waals surface area contributed by atoms with E-state index in [0.717, 1.165) is 6.42 Å². The minimum Gasteiger partial charge on any atom is -0.355 e. The third kappa shape index (κ3) is 3.92. The van der Waals surface area contributed by atoms with Gasteiger partial charge in [0.2, 0.25) is 5.91 Å². The molecule has 0 aliphatic heterocycles. The van der Waals surface area contributed by atoms with E-state index in [1.165, 1.54) is 16.7 Å². The van der Waals surface area contributed by atoms with Gasteiger partial charge in [-0.25, -0.2) is 0 Å². The smallest absolute Gasteiger partial charge is 0.234 e. The molecule has 0 unspecified atom stereocenters. The Hall–Kier alpha value is -1.02. The van der Waals surface area contributed by atoms with E-state index < -0.39 is 0 Å². The van der Waals surface area contributed by atoms with Crippen LogP contribution in [0.4, 0.5) is 0 Å². The van der Waals surface area contributed by atoms with Gasteiger partial charge in [-0.1, -0.05) is 23.8 Å². The fourth-order valence-electron chi connectivity index (χ4n) is 1.45. The molecule has 1 aromatic rings. The standard InChI is InChI=1S/C12H16ClNO/c1-9-3-4-10(2)11(7-9)5-6-14-12(15)8-13/h3-4,7H,5-6,8H2,1-2H3,(H,14,15). The van der Waals surface area contributed by atoms with Crippen LogP contribution < -0.4 is 5.32 Å². The second-order valence-corrected chi connectivity index (χ2v) is 3.93. The Balaban J connectivity index is 2.50. The Labute approximate surface area is 95.6 Å². The van der Waals surface area contributed by atoms with Crippen LogP contribution in [0.1, 0.15) is 16.7 Å². The maximum Gasteiger partial charge on any atom is 0.234 e. The van der Waals surface area contributed by atoms with Crippen molar-refractivity contribution < 1.29 is 4.79 Å². The van der Waals surface area contributed by atoms with E-state index in [2.05, 4.69) is 37.4 Å². The van der Waals surface area contributed by atoms with E-state index in [1.807, 2.05) is 0 Å². The average Bonchev–Trinajstić information content (AvgIpc) is 2.23. The SMILES string of the molecule is Cc1ccc(C)c(CCNC(=O)CCl)c1. The van der Waals surface area contributed by atoms with Gasteiger partial charge in [0.1, 0.15) is 5.88 Å². The van der Waals surface area contributed by atoms with Crippen molar-refractivity contribution in [1.29, 1.82) is 0 Å². The number of halogens is 1. The molecule has 0 spiro atoms. The molecule has 2 nitrogen and oxygen atoms in total. The fourth-order valence-corrected chi connectivity index (χ4v) is 1.55. The maximum atomic E-state index is 10.9. The zero-order valence-electron chi connectivity index (χ0n) is 9.14. The van der Waals surface area contributed by atoms with Gasteiger partial charge in [-0.05, 0) is 31.4 Å². The van der Waals surface area contributed by atoms with Gasteiger partial charge in [0.15, 0.2) is 0 Å². The summed E-state index contributed by atoms with van der Waals surface area (Å²) in [5.41, 5.74) is 3.80. The molecule has 1 aromatic carbocycles. The number of nitrogens with one attached hydrogen (secondary N) is 1. The van der Waals surface area contributed by atoms with Gasteiger partial charge in [0, 0.05) is 6.54 Å². The van der Waals surface area contributed by atoms with Gasteiger partial charge >= 0.3 is 0 Å². The van der Waals surface area contributed by atoms with Gasteiger partial charge < -0.3 is 5.32 Å². The molecule has 82 valence electrons. The molecule has 1 rings (SSSR count). The van der Waals surface area contributed by atoms with E-state index in [1.54, 1.807) is 0 Å². The van der Waals surface area contributed by atoms with Gasteiger partial charge in [-0.15, -0.1) is 11.6 Å². The summed E-state index contributed by atoms with van der Waals surface area (Å²) in [7, 11) is 0. The predicted octanol–water partition coefficient (Wildman–Crippen LogP) is 2.20. The van der Waals surface area contributed by atoms with Crippen molar-refractivity contribution in [3.63, 3.8) is 0 Å². The number of hydrogen-bond donors (Lipinski definition) is 1. The lowest BCUT2D eigenvalue weighted by Crippen LogP contribution is -2.26. The summed E-state index contributed by atoms with van der Waals surface area (Å²) < 4.78 is 0. The van der Waals surface area contributed by atoms with Crippen LogP contribution in [0.25, 0.3) is 0 Å². The Morgan fingerprint density at radius 1 is 1.40 bits per heavy atom. The van der Waals surface area contributed by atoms with Gasteiger partial charge in [-0.3, -0.25) is 4.79 Å². The van der Waals surface area contributed by atoms with Crippen molar-refractivity contribution >= 4 is 17.5 Å². The van der Waals surface area contributed by atoms with E-state index in [4.69, 9.17) is 11.6 Å². The number of rotatable bonds is 4. The summed E-state index contributed by atoms with van der Waals surface area (Å²) in [4.78, 5) is 10.9. The van der Waals surface area contributed by atoms with E-state index >= 15 is 0 Å². The highest BCUT2D eigenvalue weighted by Crippen LogP contribution is 2.10. The van der Waals surface area contributed by atoms with E-state index in [0.29, 0.717) is 6.54 Å². The quantitative estimate of drug-likeness (QED) is 0.783. The molecule has 1 amide bonds. The topological polar surface area (TPSA) is 29.1 Å². The van der Waals surface area contributed by atoms with Crippen LogP contribution in [0.5, 0.6) is 0 Å². The third-order valence-corrected chi connectivity index (χ3v) is 2.59. The maximum absolute atomic E-state index is 10.9. The molecule has 15 heavy (non-hydrogen) atoms. The summed E-state index contributed by atoms with van der Waals surface area (Å²) in [6, 6.07) is 6.35. The van der Waals surface area contributed by atoms with Crippen LogP contribution >= 0.6 is 11.6 Å². The molecule has 0 fully saturated rings. The molecule has 0 aliphatic rings. The van der Waals surface area contributed by atoms with E-state index in [-0.39, 0.29) is 11.8 Å². The largest absolute Gasteiger partial charge is 0.355 e. The summed E-state index contributed by atoms with van der Waals surface area (Å²) in [6.45, 7) is 4.80. The van der Waals surface area contributed by atoms with Gasteiger partial charge in [0.25, 0.3) is 0 Å². The zero-order chi connectivity index (χ0) is 11.3. The molecule has 0 heterocycles. The minimum atomic E-state index is -0.109. The number of alkyl halides is 1. The number of carbonyl (C=O) groups is 1. The Morgan fingerprint density at radius 3 is 2.80 bits per heavy atom. The fraction of sp³-hybridized carbons (Fsp3) is 0.417. The lowest BCUT2D eigenvalue weighted by molar-refractivity contribution is -0.118. The highest BCUT2D eigenvalue weighted by atomic mass is 35.5. The molecular weight excluding hydrogens is 210 g/mol. The van der Waals surface area contributed by atoms with Gasteiger partial charge in [0.05, 0.1) is 0 Å². The second-order valence-electron chi connectivity index (χ2n) is 3.66. The first kappa shape index (κ1) is 12.1. The summed E-state index contributed by atoms with van der Waals surface area (Å²) in [5.74, 6) is -0.0748. The molecule has 0 atom stereocenters. The Morgan fingerprint density at radius 2 is 2.13 bits per heavy atom. The van der Waals surface area contributed by atoms with Crippen molar-refractivity contribution in [3.05, 3.63) is 34.9 Å². The van der Waals surface area contributed by atoms with Crippen molar-refractivity contribution in [1.82, 2.24) is 5.32 Å². The molecule has 1 N–H and O–H groups in total. The van der Waals surface area contributed by atoms with E-state index in [9.17, 15) is 4.79 Å². The molecule has 0 radical (unpaired) electrons. The monoisotopic (exact) mass is 225 g/mol. The van der Waals surface area contributed by atoms with Crippen LogP contribution in [-0.2, 0) is 11.2 Å². The highest BCUT2D eigenvalue weighted by molar-refractivity contribution is 6.27. The Kier molecular flexibility index (Phi) is 4.63. The number of hydrogen-bond acceptors (Lipinski definition) is 1. The first-order valence-corrected chi connectivity index (χ1v) is 5.55. The molecule has 0 aromatic heterocycles. The van der Waals surface area contributed by atoms with Crippen LogP contribution in [0.3, 0.4) is 0 Å². The van der Waals surface area contributed by atoms with Gasteiger partial charge in [-0.2, -0.15) is 0 Å². The normalized spacial score (nSPS) is 10.1. The lowest BCUT2D eigenvalue weighted by atomic mass is 10.0. The second kappa shape index (κ2) is 5.76. The molecule has 3 heteroatoms. The van der Waals surface area contributed by atoms with Crippen molar-refractivity contribution in [3.8, 4) is 0 Å². The van der Waals surface area contributed by atoms with Crippen LogP contribution in [0, 0.1) is 13.8 Å². The Bertz CT molecular complexity index is 349. The van der Waals surface area contributed by atoms with Crippen LogP contribution in [0.15, 0.2) is 18.2 Å². The summed E-state index contributed by atoms with van der Waals surface area (Å²) in [6.07, 6.45) is 0.857. The molecule has 0 saturated heterocycles.